The summed E-state index contributed by atoms with van der Waals surface area (Å²) in [5.41, 5.74) is 2.55. The number of methoxy groups -OCH3 is 1. The highest BCUT2D eigenvalue weighted by Crippen LogP contribution is 2.33. The maximum atomic E-state index is 12.7. The lowest BCUT2D eigenvalue weighted by Crippen LogP contribution is -2.43. The van der Waals surface area contributed by atoms with Crippen molar-refractivity contribution < 1.29 is 14.3 Å². The third-order valence-electron chi connectivity index (χ3n) is 4.75. The molecule has 0 saturated carbocycles. The second kappa shape index (κ2) is 8.50. The van der Waals surface area contributed by atoms with E-state index in [1.54, 1.807) is 24.1 Å². The molecule has 5 heteroatoms. The predicted molar refractivity (Wildman–Crippen MR) is 97.3 cm³/mol. The normalized spacial score (nSPS) is 19.6. The molecule has 2 unspecified atom stereocenters. The Hall–Kier alpha value is -2.84. The number of rotatable bonds is 4. The number of carbonyl (C=O) groups excluding carboxylic acids is 1. The van der Waals surface area contributed by atoms with Gasteiger partial charge in [-0.2, -0.15) is 5.26 Å². The minimum absolute atomic E-state index is 0.105. The van der Waals surface area contributed by atoms with Crippen LogP contribution < -0.4 is 0 Å². The van der Waals surface area contributed by atoms with Gasteiger partial charge in [0.15, 0.2) is 0 Å². The average molecular weight is 350 g/mol. The Morgan fingerprint density at radius 1 is 1.19 bits per heavy atom. The van der Waals surface area contributed by atoms with Gasteiger partial charge in [0.05, 0.1) is 23.8 Å². The number of nitrogens with zero attached hydrogens (tertiary/aromatic N) is 2. The third kappa shape index (κ3) is 4.22. The lowest BCUT2D eigenvalue weighted by molar-refractivity contribution is 0.00476. The van der Waals surface area contributed by atoms with Gasteiger partial charge in [-0.25, -0.2) is 4.79 Å². The van der Waals surface area contributed by atoms with Gasteiger partial charge in [0.25, 0.3) is 0 Å². The fourth-order valence-electron chi connectivity index (χ4n) is 3.26. The lowest BCUT2D eigenvalue weighted by atomic mass is 9.93. The van der Waals surface area contributed by atoms with Crippen LogP contribution in [0.15, 0.2) is 54.6 Å². The minimum atomic E-state index is -0.322. The molecule has 0 N–H and O–H groups in total. The fourth-order valence-corrected chi connectivity index (χ4v) is 3.26. The second-order valence-corrected chi connectivity index (χ2v) is 6.37. The number of piperidine rings is 1. The topological polar surface area (TPSA) is 62.6 Å². The van der Waals surface area contributed by atoms with Gasteiger partial charge in [-0.3, -0.25) is 0 Å². The number of hydrogen-bond acceptors (Lipinski definition) is 4. The first-order chi connectivity index (χ1) is 12.7. The van der Waals surface area contributed by atoms with Crippen molar-refractivity contribution in [1.29, 1.82) is 5.26 Å². The van der Waals surface area contributed by atoms with Crippen molar-refractivity contribution in [2.24, 2.45) is 0 Å². The van der Waals surface area contributed by atoms with E-state index in [-0.39, 0.29) is 24.8 Å². The molecule has 3 rings (SSSR count). The number of carbonyl (C=O) groups is 1. The Labute approximate surface area is 153 Å². The Kier molecular flexibility index (Phi) is 5.88. The lowest BCUT2D eigenvalue weighted by Gasteiger charge is -2.38. The first kappa shape index (κ1) is 18.0. The van der Waals surface area contributed by atoms with Crippen molar-refractivity contribution in [3.8, 4) is 6.07 Å². The number of ether oxygens (including phenoxy) is 2. The Morgan fingerprint density at radius 3 is 2.58 bits per heavy atom. The number of amides is 1. The van der Waals surface area contributed by atoms with E-state index in [4.69, 9.17) is 14.7 Å². The molecule has 1 aliphatic heterocycles. The maximum absolute atomic E-state index is 12.7. The molecule has 2 aromatic carbocycles. The first-order valence-electron chi connectivity index (χ1n) is 8.71. The van der Waals surface area contributed by atoms with Crippen LogP contribution >= 0.6 is 0 Å². The largest absolute Gasteiger partial charge is 0.445 e. The molecule has 1 aliphatic rings. The molecule has 1 amide bonds. The van der Waals surface area contributed by atoms with Crippen LogP contribution in [0.25, 0.3) is 0 Å². The van der Waals surface area contributed by atoms with Gasteiger partial charge in [0.1, 0.15) is 6.61 Å². The molecule has 5 nitrogen and oxygen atoms in total. The molecule has 0 radical (unpaired) electrons. The number of nitriles is 1. The molecule has 2 atom stereocenters. The van der Waals surface area contributed by atoms with E-state index in [9.17, 15) is 4.79 Å². The Balaban J connectivity index is 1.73. The SMILES string of the molecule is COC1CCN(C(=O)OCc2ccccc2)C(c2ccc(C#N)cc2)C1. The van der Waals surface area contributed by atoms with Gasteiger partial charge in [-0.15, -0.1) is 0 Å². The molecule has 0 bridgehead atoms. The first-order valence-corrected chi connectivity index (χ1v) is 8.71. The summed E-state index contributed by atoms with van der Waals surface area (Å²) in [6.07, 6.45) is 1.28. The van der Waals surface area contributed by atoms with E-state index < -0.39 is 0 Å². The fraction of sp³-hybridized carbons (Fsp3) is 0.333. The van der Waals surface area contributed by atoms with Crippen molar-refractivity contribution in [2.75, 3.05) is 13.7 Å². The molecule has 2 aromatic rings. The zero-order chi connectivity index (χ0) is 18.4. The van der Waals surface area contributed by atoms with Crippen LogP contribution in [0.2, 0.25) is 0 Å². The molecule has 26 heavy (non-hydrogen) atoms. The van der Waals surface area contributed by atoms with Gasteiger partial charge in [-0.1, -0.05) is 42.5 Å². The highest BCUT2D eigenvalue weighted by molar-refractivity contribution is 5.68. The molecule has 0 aliphatic carbocycles. The van der Waals surface area contributed by atoms with Crippen molar-refractivity contribution in [3.05, 3.63) is 71.3 Å². The van der Waals surface area contributed by atoms with E-state index in [0.29, 0.717) is 18.5 Å². The summed E-state index contributed by atoms with van der Waals surface area (Å²) in [5.74, 6) is 0. The van der Waals surface area contributed by atoms with Crippen LogP contribution in [-0.4, -0.2) is 30.8 Å². The summed E-state index contributed by atoms with van der Waals surface area (Å²) >= 11 is 0. The molecule has 0 aromatic heterocycles. The van der Waals surface area contributed by atoms with E-state index in [0.717, 1.165) is 17.5 Å². The molecule has 1 fully saturated rings. The predicted octanol–water partition coefficient (Wildman–Crippen LogP) is 4.05. The molecule has 1 heterocycles. The van der Waals surface area contributed by atoms with Crippen LogP contribution in [0.5, 0.6) is 0 Å². The Morgan fingerprint density at radius 2 is 1.92 bits per heavy atom. The van der Waals surface area contributed by atoms with Crippen LogP contribution in [0, 0.1) is 11.3 Å². The highest BCUT2D eigenvalue weighted by Gasteiger charge is 2.33. The van der Waals surface area contributed by atoms with Crippen LogP contribution in [0.4, 0.5) is 4.79 Å². The summed E-state index contributed by atoms with van der Waals surface area (Å²) in [6.45, 7) is 0.834. The molecule has 1 saturated heterocycles. The Bertz CT molecular complexity index is 768. The number of likely N-dealkylation sites (tertiary alicyclic amines) is 1. The quantitative estimate of drug-likeness (QED) is 0.835. The molecule has 134 valence electrons. The van der Waals surface area contributed by atoms with Crippen molar-refractivity contribution in [1.82, 2.24) is 4.90 Å². The summed E-state index contributed by atoms with van der Waals surface area (Å²) < 4.78 is 11.0. The molecule has 0 spiro atoms. The van der Waals surface area contributed by atoms with Gasteiger partial charge < -0.3 is 14.4 Å². The van der Waals surface area contributed by atoms with Crippen molar-refractivity contribution >= 4 is 6.09 Å². The van der Waals surface area contributed by atoms with E-state index in [1.165, 1.54) is 0 Å². The van der Waals surface area contributed by atoms with E-state index in [2.05, 4.69) is 6.07 Å². The average Bonchev–Trinajstić information content (AvgIpc) is 2.72. The van der Waals surface area contributed by atoms with Gasteiger partial charge in [0, 0.05) is 13.7 Å². The van der Waals surface area contributed by atoms with Crippen molar-refractivity contribution in [2.45, 2.75) is 31.6 Å². The van der Waals surface area contributed by atoms with E-state index in [1.807, 2.05) is 42.5 Å². The standard InChI is InChI=1S/C21H22N2O3/c1-25-19-11-12-23(21(24)26-15-17-5-3-2-4-6-17)20(13-19)18-9-7-16(14-22)8-10-18/h2-10,19-20H,11-13,15H2,1H3. The van der Waals surface area contributed by atoms with Crippen molar-refractivity contribution in [3.63, 3.8) is 0 Å². The third-order valence-corrected chi connectivity index (χ3v) is 4.75. The van der Waals surface area contributed by atoms with Crippen LogP contribution in [0.1, 0.15) is 35.6 Å². The summed E-state index contributed by atoms with van der Waals surface area (Å²) in [4.78, 5) is 14.4. The smallest absolute Gasteiger partial charge is 0.410 e. The molecular weight excluding hydrogens is 328 g/mol. The minimum Gasteiger partial charge on any atom is -0.445 e. The maximum Gasteiger partial charge on any atom is 0.410 e. The van der Waals surface area contributed by atoms with E-state index >= 15 is 0 Å². The summed E-state index contributed by atoms with van der Waals surface area (Å²) in [5, 5.41) is 8.98. The monoisotopic (exact) mass is 350 g/mol. The van der Waals surface area contributed by atoms with Crippen LogP contribution in [-0.2, 0) is 16.1 Å². The second-order valence-electron chi connectivity index (χ2n) is 6.37. The summed E-state index contributed by atoms with van der Waals surface area (Å²) in [7, 11) is 1.70. The zero-order valence-electron chi connectivity index (χ0n) is 14.8. The van der Waals surface area contributed by atoms with Crippen LogP contribution in [0.3, 0.4) is 0 Å². The van der Waals surface area contributed by atoms with Gasteiger partial charge in [-0.05, 0) is 36.1 Å². The highest BCUT2D eigenvalue weighted by atomic mass is 16.6. The summed E-state index contributed by atoms with van der Waals surface area (Å²) in [6, 6.07) is 19.0. The number of hydrogen-bond donors (Lipinski definition) is 0. The van der Waals surface area contributed by atoms with Gasteiger partial charge >= 0.3 is 6.09 Å². The number of benzene rings is 2. The molecular formula is C21H22N2O3. The van der Waals surface area contributed by atoms with Gasteiger partial charge in [0.2, 0.25) is 0 Å². The zero-order valence-corrected chi connectivity index (χ0v) is 14.8.